The molecule has 0 bridgehead atoms. The Kier molecular flexibility index (Phi) is 5.79. The maximum atomic E-state index is 11.2. The fourth-order valence-electron chi connectivity index (χ4n) is 2.04. The maximum Gasteiger partial charge on any atom is 0.338 e. The number of hydrogen-bond acceptors (Lipinski definition) is 4. The van der Waals surface area contributed by atoms with Gasteiger partial charge in [0.25, 0.3) is 0 Å². The molecule has 5 nitrogen and oxygen atoms in total. The third-order valence-corrected chi connectivity index (χ3v) is 2.98. The summed E-state index contributed by atoms with van der Waals surface area (Å²) in [5.74, 6) is -0.963. The summed E-state index contributed by atoms with van der Waals surface area (Å²) in [5, 5.41) is 9.20. The number of hydrogen-bond donors (Lipinski definition) is 2. The third-order valence-electron chi connectivity index (χ3n) is 2.98. The van der Waals surface area contributed by atoms with Crippen molar-refractivity contribution in [2.24, 2.45) is 0 Å². The fraction of sp³-hybridized carbons (Fsp3) is 0.500. The van der Waals surface area contributed by atoms with Crippen molar-refractivity contribution in [3.8, 4) is 0 Å². The van der Waals surface area contributed by atoms with E-state index in [1.54, 1.807) is 12.1 Å². The van der Waals surface area contributed by atoms with E-state index in [0.717, 1.165) is 25.1 Å². The highest BCUT2D eigenvalue weighted by atomic mass is 16.4. The molecule has 19 heavy (non-hydrogen) atoms. The molecule has 0 radical (unpaired) electrons. The lowest BCUT2D eigenvalue weighted by Crippen LogP contribution is -2.24. The second kappa shape index (κ2) is 7.11. The van der Waals surface area contributed by atoms with Gasteiger partial charge in [0.05, 0.1) is 5.56 Å². The summed E-state index contributed by atoms with van der Waals surface area (Å²) in [7, 11) is 6.07. The molecule has 0 saturated carbocycles. The van der Waals surface area contributed by atoms with Gasteiger partial charge in [0, 0.05) is 12.2 Å². The molecule has 5 heteroatoms. The Balaban J connectivity index is 2.66. The summed E-state index contributed by atoms with van der Waals surface area (Å²) in [6.45, 7) is 2.54. The minimum absolute atomic E-state index is 0.224. The number of carboxylic acid groups (broad SMARTS) is 1. The Hall–Kier alpha value is -1.59. The zero-order valence-corrected chi connectivity index (χ0v) is 11.9. The molecule has 0 fully saturated rings. The SMILES string of the molecule is CN(C)CCCN(C)Cc1cccc(N)c1C(=O)O. The minimum atomic E-state index is -0.963. The van der Waals surface area contributed by atoms with E-state index in [2.05, 4.69) is 9.80 Å². The minimum Gasteiger partial charge on any atom is -0.478 e. The van der Waals surface area contributed by atoms with E-state index >= 15 is 0 Å². The highest BCUT2D eigenvalue weighted by molar-refractivity contribution is 5.95. The molecular formula is C14H23N3O2. The number of anilines is 1. The topological polar surface area (TPSA) is 69.8 Å². The molecule has 106 valence electrons. The molecule has 0 saturated heterocycles. The predicted octanol–water partition coefficient (Wildman–Crippen LogP) is 1.35. The summed E-state index contributed by atoms with van der Waals surface area (Å²) in [6, 6.07) is 5.24. The molecule has 0 aromatic heterocycles. The lowest BCUT2D eigenvalue weighted by molar-refractivity contribution is 0.0696. The van der Waals surface area contributed by atoms with Gasteiger partial charge < -0.3 is 20.6 Å². The van der Waals surface area contributed by atoms with Gasteiger partial charge in [-0.3, -0.25) is 0 Å². The van der Waals surface area contributed by atoms with Crippen LogP contribution in [0.5, 0.6) is 0 Å². The van der Waals surface area contributed by atoms with Gasteiger partial charge >= 0.3 is 5.97 Å². The first-order valence-corrected chi connectivity index (χ1v) is 6.35. The second-order valence-corrected chi connectivity index (χ2v) is 5.08. The molecule has 0 aliphatic carbocycles. The van der Waals surface area contributed by atoms with Crippen LogP contribution in [0.3, 0.4) is 0 Å². The molecule has 0 unspecified atom stereocenters. The van der Waals surface area contributed by atoms with Gasteiger partial charge in [0.1, 0.15) is 0 Å². The number of aromatic carboxylic acids is 1. The highest BCUT2D eigenvalue weighted by Crippen LogP contribution is 2.18. The van der Waals surface area contributed by atoms with Crippen molar-refractivity contribution in [3.63, 3.8) is 0 Å². The fourth-order valence-corrected chi connectivity index (χ4v) is 2.04. The quantitative estimate of drug-likeness (QED) is 0.728. The van der Waals surface area contributed by atoms with Crippen molar-refractivity contribution in [2.45, 2.75) is 13.0 Å². The van der Waals surface area contributed by atoms with Crippen LogP contribution >= 0.6 is 0 Å². The summed E-state index contributed by atoms with van der Waals surface area (Å²) < 4.78 is 0. The first-order valence-electron chi connectivity index (χ1n) is 6.35. The number of carbonyl (C=O) groups is 1. The Morgan fingerprint density at radius 2 is 1.95 bits per heavy atom. The standard InChI is InChI=1S/C14H23N3O2/c1-16(2)8-5-9-17(3)10-11-6-4-7-12(15)13(11)14(18)19/h4,6-7H,5,8-10,15H2,1-3H3,(H,18,19). The van der Waals surface area contributed by atoms with Crippen LogP contribution in [-0.4, -0.2) is 55.1 Å². The first-order chi connectivity index (χ1) is 8.91. The lowest BCUT2D eigenvalue weighted by atomic mass is 10.1. The van der Waals surface area contributed by atoms with Crippen molar-refractivity contribution in [1.82, 2.24) is 9.80 Å². The van der Waals surface area contributed by atoms with Crippen molar-refractivity contribution in [2.75, 3.05) is 40.0 Å². The van der Waals surface area contributed by atoms with Crippen LogP contribution in [-0.2, 0) is 6.54 Å². The summed E-state index contributed by atoms with van der Waals surface area (Å²) in [4.78, 5) is 15.5. The average molecular weight is 265 g/mol. The van der Waals surface area contributed by atoms with Crippen LogP contribution in [0.15, 0.2) is 18.2 Å². The van der Waals surface area contributed by atoms with Crippen molar-refractivity contribution in [1.29, 1.82) is 0 Å². The molecule has 1 aromatic carbocycles. The average Bonchev–Trinajstić information content (AvgIpc) is 2.27. The number of carboxylic acids is 1. The van der Waals surface area contributed by atoms with Crippen LogP contribution in [0, 0.1) is 0 Å². The van der Waals surface area contributed by atoms with E-state index in [9.17, 15) is 9.90 Å². The number of benzene rings is 1. The monoisotopic (exact) mass is 265 g/mol. The van der Waals surface area contributed by atoms with Gasteiger partial charge in [-0.25, -0.2) is 4.79 Å². The van der Waals surface area contributed by atoms with Gasteiger partial charge in [-0.15, -0.1) is 0 Å². The molecule has 1 rings (SSSR count). The number of rotatable bonds is 7. The van der Waals surface area contributed by atoms with Crippen LogP contribution in [0.4, 0.5) is 5.69 Å². The van der Waals surface area contributed by atoms with E-state index in [-0.39, 0.29) is 5.56 Å². The van der Waals surface area contributed by atoms with Gasteiger partial charge in [-0.2, -0.15) is 0 Å². The highest BCUT2D eigenvalue weighted by Gasteiger charge is 2.14. The molecule has 0 atom stereocenters. The van der Waals surface area contributed by atoms with Crippen molar-refractivity contribution >= 4 is 11.7 Å². The largest absolute Gasteiger partial charge is 0.478 e. The first kappa shape index (κ1) is 15.5. The van der Waals surface area contributed by atoms with E-state index in [0.29, 0.717) is 12.2 Å². The van der Waals surface area contributed by atoms with E-state index in [1.807, 2.05) is 27.2 Å². The summed E-state index contributed by atoms with van der Waals surface area (Å²) in [5.41, 5.74) is 7.05. The lowest BCUT2D eigenvalue weighted by Gasteiger charge is -2.19. The maximum absolute atomic E-state index is 11.2. The second-order valence-electron chi connectivity index (χ2n) is 5.08. The smallest absolute Gasteiger partial charge is 0.338 e. The van der Waals surface area contributed by atoms with Crippen LogP contribution in [0.25, 0.3) is 0 Å². The Bertz CT molecular complexity index is 433. The summed E-state index contributed by atoms with van der Waals surface area (Å²) >= 11 is 0. The third kappa shape index (κ3) is 4.89. The zero-order chi connectivity index (χ0) is 14.4. The predicted molar refractivity (Wildman–Crippen MR) is 77.3 cm³/mol. The molecule has 0 spiro atoms. The summed E-state index contributed by atoms with van der Waals surface area (Å²) in [6.07, 6.45) is 1.05. The number of nitrogen functional groups attached to an aromatic ring is 1. The molecule has 0 aliphatic rings. The molecule has 3 N–H and O–H groups in total. The van der Waals surface area contributed by atoms with E-state index in [4.69, 9.17) is 5.73 Å². The molecule has 0 amide bonds. The van der Waals surface area contributed by atoms with Gasteiger partial charge in [0.15, 0.2) is 0 Å². The number of nitrogens with two attached hydrogens (primary N) is 1. The Morgan fingerprint density at radius 1 is 1.26 bits per heavy atom. The van der Waals surface area contributed by atoms with Crippen LogP contribution in [0.1, 0.15) is 22.3 Å². The molecule has 0 aliphatic heterocycles. The van der Waals surface area contributed by atoms with Gasteiger partial charge in [-0.05, 0) is 52.3 Å². The van der Waals surface area contributed by atoms with Crippen molar-refractivity contribution in [3.05, 3.63) is 29.3 Å². The zero-order valence-electron chi connectivity index (χ0n) is 11.9. The van der Waals surface area contributed by atoms with E-state index in [1.165, 1.54) is 0 Å². The normalized spacial score (nSPS) is 11.2. The van der Waals surface area contributed by atoms with E-state index < -0.39 is 5.97 Å². The Morgan fingerprint density at radius 3 is 2.53 bits per heavy atom. The molecular weight excluding hydrogens is 242 g/mol. The Labute approximate surface area is 114 Å². The van der Waals surface area contributed by atoms with Crippen LogP contribution in [0.2, 0.25) is 0 Å². The van der Waals surface area contributed by atoms with Crippen molar-refractivity contribution < 1.29 is 9.90 Å². The molecule has 0 heterocycles. The molecule has 1 aromatic rings. The van der Waals surface area contributed by atoms with Crippen LogP contribution < -0.4 is 5.73 Å². The number of nitrogens with zero attached hydrogens (tertiary/aromatic N) is 2. The van der Waals surface area contributed by atoms with Gasteiger partial charge in [-0.1, -0.05) is 12.1 Å². The van der Waals surface area contributed by atoms with Gasteiger partial charge in [0.2, 0.25) is 0 Å².